The second-order valence-electron chi connectivity index (χ2n) is 9.46. The summed E-state index contributed by atoms with van der Waals surface area (Å²) in [6.45, 7) is 2.05. The summed E-state index contributed by atoms with van der Waals surface area (Å²) in [4.78, 5) is 31.7. The first kappa shape index (κ1) is 27.6. The van der Waals surface area contributed by atoms with E-state index >= 15 is 0 Å². The van der Waals surface area contributed by atoms with Crippen molar-refractivity contribution in [1.29, 1.82) is 0 Å². The summed E-state index contributed by atoms with van der Waals surface area (Å²) in [6, 6.07) is 18.0. The molecule has 1 fully saturated rings. The molecule has 41 heavy (non-hydrogen) atoms. The lowest BCUT2D eigenvalue weighted by molar-refractivity contribution is -0.132. The average Bonchev–Trinajstić information content (AvgIpc) is 3.54. The molecule has 0 aliphatic carbocycles. The first-order valence-corrected chi connectivity index (χ1v) is 13.1. The fourth-order valence-electron chi connectivity index (χ4n) is 4.66. The quantitative estimate of drug-likeness (QED) is 0.305. The van der Waals surface area contributed by atoms with Crippen LogP contribution in [0.2, 0.25) is 0 Å². The number of methoxy groups -OCH3 is 2. The van der Waals surface area contributed by atoms with Crippen molar-refractivity contribution in [3.8, 4) is 22.8 Å². The molecule has 0 atom stereocenters. The molecule has 1 saturated heterocycles. The van der Waals surface area contributed by atoms with Gasteiger partial charge in [0.2, 0.25) is 5.91 Å². The molecular formula is C30H30FN5O5. The molecule has 2 aromatic carbocycles. The molecule has 0 saturated carbocycles. The van der Waals surface area contributed by atoms with Gasteiger partial charge in [0.05, 0.1) is 32.7 Å². The number of piperazine rings is 1. The second-order valence-corrected chi connectivity index (χ2v) is 9.46. The van der Waals surface area contributed by atoms with Crippen LogP contribution in [-0.4, -0.2) is 78.8 Å². The number of carbonyl (C=O) groups excluding carboxylic acids is 2. The highest BCUT2D eigenvalue weighted by Gasteiger charge is 2.27. The van der Waals surface area contributed by atoms with Gasteiger partial charge in [-0.25, -0.2) is 4.39 Å². The fourth-order valence-corrected chi connectivity index (χ4v) is 4.66. The van der Waals surface area contributed by atoms with E-state index in [0.29, 0.717) is 60.5 Å². The van der Waals surface area contributed by atoms with Gasteiger partial charge in [0.15, 0.2) is 5.82 Å². The van der Waals surface area contributed by atoms with Gasteiger partial charge in [-0.2, -0.15) is 0 Å². The van der Waals surface area contributed by atoms with Crippen molar-refractivity contribution in [2.45, 2.75) is 6.54 Å². The number of hydrogen-bond donors (Lipinski definition) is 0. The van der Waals surface area contributed by atoms with Crippen molar-refractivity contribution in [3.63, 3.8) is 0 Å². The molecule has 4 aromatic rings. The van der Waals surface area contributed by atoms with Crippen LogP contribution in [0, 0.1) is 5.82 Å². The number of anilines is 1. The predicted octanol–water partition coefficient (Wildman–Crippen LogP) is 3.88. The number of nitrogens with zero attached hydrogens (tertiary/aromatic N) is 5. The molecule has 212 valence electrons. The first-order chi connectivity index (χ1) is 19.9. The van der Waals surface area contributed by atoms with Crippen LogP contribution >= 0.6 is 0 Å². The summed E-state index contributed by atoms with van der Waals surface area (Å²) >= 11 is 0. The van der Waals surface area contributed by atoms with Crippen LogP contribution < -0.4 is 14.4 Å². The topological polar surface area (TPSA) is 101 Å². The zero-order chi connectivity index (χ0) is 28.8. The van der Waals surface area contributed by atoms with Gasteiger partial charge in [0.1, 0.15) is 29.6 Å². The van der Waals surface area contributed by atoms with Crippen LogP contribution in [0.5, 0.6) is 11.5 Å². The molecule has 5 rings (SSSR count). The van der Waals surface area contributed by atoms with Crippen LogP contribution in [0.3, 0.4) is 0 Å². The number of hydrogen-bond acceptors (Lipinski definition) is 8. The molecule has 11 heteroatoms. The van der Waals surface area contributed by atoms with Gasteiger partial charge in [-0.05, 0) is 60.7 Å². The van der Waals surface area contributed by atoms with Crippen molar-refractivity contribution in [1.82, 2.24) is 20.0 Å². The largest absolute Gasteiger partial charge is 0.497 e. The van der Waals surface area contributed by atoms with Gasteiger partial charge in [-0.15, -0.1) is 10.2 Å². The smallest absolute Gasteiger partial charge is 0.254 e. The number of halogens is 1. The molecule has 0 spiro atoms. The Hall–Kier alpha value is -4.93. The number of aromatic nitrogens is 2. The van der Waals surface area contributed by atoms with Crippen LogP contribution in [0.25, 0.3) is 11.3 Å². The van der Waals surface area contributed by atoms with Crippen LogP contribution in [0.4, 0.5) is 10.2 Å². The molecular weight excluding hydrogens is 529 g/mol. The van der Waals surface area contributed by atoms with E-state index in [1.54, 1.807) is 37.3 Å². The number of amides is 2. The number of furan rings is 1. The summed E-state index contributed by atoms with van der Waals surface area (Å²) in [6.07, 6.45) is 1.51. The van der Waals surface area contributed by atoms with Crippen LogP contribution in [-0.2, 0) is 11.3 Å². The Labute approximate surface area is 236 Å². The third kappa shape index (κ3) is 6.46. The number of carbonyl (C=O) groups is 2. The van der Waals surface area contributed by atoms with Crippen molar-refractivity contribution in [2.24, 2.45) is 0 Å². The molecule has 1 aliphatic heterocycles. The van der Waals surface area contributed by atoms with Crippen molar-refractivity contribution in [2.75, 3.05) is 51.8 Å². The predicted molar refractivity (Wildman–Crippen MR) is 149 cm³/mol. The Balaban J connectivity index is 1.21. The molecule has 10 nitrogen and oxygen atoms in total. The van der Waals surface area contributed by atoms with E-state index in [4.69, 9.17) is 13.9 Å². The first-order valence-electron chi connectivity index (χ1n) is 13.1. The van der Waals surface area contributed by atoms with Crippen LogP contribution in [0.1, 0.15) is 16.1 Å². The molecule has 1 aliphatic rings. The van der Waals surface area contributed by atoms with Gasteiger partial charge >= 0.3 is 0 Å². The molecule has 0 bridgehead atoms. The van der Waals surface area contributed by atoms with Crippen molar-refractivity contribution >= 4 is 17.6 Å². The lowest BCUT2D eigenvalue weighted by Gasteiger charge is -2.36. The molecule has 3 heterocycles. The average molecular weight is 560 g/mol. The molecule has 0 radical (unpaired) electrons. The SMILES string of the molecule is COc1ccc(-c2ccc(N3CCN(C(=O)CN(Cc4ccco4)C(=O)c4ccc(F)cc4)CC3)nn2)c(OC)c1. The maximum Gasteiger partial charge on any atom is 0.254 e. The summed E-state index contributed by atoms with van der Waals surface area (Å²) < 4.78 is 29.6. The molecule has 2 aromatic heterocycles. The minimum absolute atomic E-state index is 0.121. The molecule has 0 N–H and O–H groups in total. The zero-order valence-corrected chi connectivity index (χ0v) is 22.8. The summed E-state index contributed by atoms with van der Waals surface area (Å²) in [5.41, 5.74) is 1.77. The number of ether oxygens (including phenoxy) is 2. The van der Waals surface area contributed by atoms with E-state index in [2.05, 4.69) is 15.1 Å². The van der Waals surface area contributed by atoms with Crippen molar-refractivity contribution < 1.29 is 27.9 Å². The number of rotatable bonds is 9. The summed E-state index contributed by atoms with van der Waals surface area (Å²) in [5.74, 6) is 1.58. The van der Waals surface area contributed by atoms with Crippen molar-refractivity contribution in [3.05, 3.63) is 90.1 Å². The maximum atomic E-state index is 13.4. The Bertz CT molecular complexity index is 1470. The normalized spacial score (nSPS) is 13.1. The third-order valence-electron chi connectivity index (χ3n) is 6.92. The van der Waals surface area contributed by atoms with Gasteiger partial charge in [0.25, 0.3) is 5.91 Å². The highest BCUT2D eigenvalue weighted by molar-refractivity contribution is 5.96. The highest BCUT2D eigenvalue weighted by atomic mass is 19.1. The van der Waals surface area contributed by atoms with Crippen LogP contribution in [0.15, 0.2) is 77.4 Å². The Morgan fingerprint density at radius 2 is 1.73 bits per heavy atom. The van der Waals surface area contributed by atoms with E-state index in [-0.39, 0.29) is 24.9 Å². The maximum absolute atomic E-state index is 13.4. The molecule has 0 unspecified atom stereocenters. The van der Waals surface area contributed by atoms with E-state index < -0.39 is 5.82 Å². The summed E-state index contributed by atoms with van der Waals surface area (Å²) in [5, 5.41) is 8.82. The monoisotopic (exact) mass is 559 g/mol. The highest BCUT2D eigenvalue weighted by Crippen LogP contribution is 2.32. The fraction of sp³-hybridized carbons (Fsp3) is 0.267. The van der Waals surface area contributed by atoms with Gasteiger partial charge < -0.3 is 28.6 Å². The lowest BCUT2D eigenvalue weighted by atomic mass is 10.1. The number of benzene rings is 2. The Morgan fingerprint density at radius 3 is 2.37 bits per heavy atom. The standard InChI is InChI=1S/C30H30FN5O5/c1-39-23-9-10-25(27(18-23)40-2)26-11-12-28(33-32-26)34-13-15-35(16-14-34)29(37)20-36(19-24-4-3-17-41-24)30(38)21-5-7-22(31)8-6-21/h3-12,17-18H,13-16,19-20H2,1-2H3. The molecule has 2 amide bonds. The van der Waals surface area contributed by atoms with Gasteiger partial charge in [0, 0.05) is 43.4 Å². The minimum atomic E-state index is -0.437. The van der Waals surface area contributed by atoms with Gasteiger partial charge in [-0.3, -0.25) is 9.59 Å². The second kappa shape index (κ2) is 12.5. The van der Waals surface area contributed by atoms with Gasteiger partial charge in [-0.1, -0.05) is 0 Å². The van der Waals surface area contributed by atoms with E-state index in [9.17, 15) is 14.0 Å². The van der Waals surface area contributed by atoms with E-state index in [1.165, 1.54) is 35.4 Å². The van der Waals surface area contributed by atoms with E-state index in [1.807, 2.05) is 24.3 Å². The Morgan fingerprint density at radius 1 is 0.951 bits per heavy atom. The van der Waals surface area contributed by atoms with E-state index in [0.717, 1.165) is 5.56 Å². The minimum Gasteiger partial charge on any atom is -0.497 e. The summed E-state index contributed by atoms with van der Waals surface area (Å²) in [7, 11) is 3.19. The third-order valence-corrected chi connectivity index (χ3v) is 6.92. The Kier molecular flexibility index (Phi) is 8.42. The zero-order valence-electron chi connectivity index (χ0n) is 22.8. The lowest BCUT2D eigenvalue weighted by Crippen LogP contribution is -2.52.